The molecule has 2 fully saturated rings. The van der Waals surface area contributed by atoms with E-state index in [1.165, 1.54) is 23.1 Å². The van der Waals surface area contributed by atoms with Crippen molar-refractivity contribution in [2.75, 3.05) is 33.3 Å². The van der Waals surface area contributed by atoms with Crippen LogP contribution in [0.4, 0.5) is 17.6 Å². The number of methoxy groups -OCH3 is 1. The van der Waals surface area contributed by atoms with Gasteiger partial charge in [0.25, 0.3) is 11.5 Å². The third-order valence-electron chi connectivity index (χ3n) is 7.48. The first-order valence-electron chi connectivity index (χ1n) is 11.4. The fourth-order valence-corrected chi connectivity index (χ4v) is 6.13. The Hall–Kier alpha value is -1.87. The van der Waals surface area contributed by atoms with Gasteiger partial charge < -0.3 is 15.0 Å². The summed E-state index contributed by atoms with van der Waals surface area (Å²) in [5, 5.41) is 3.32. The number of nitrogens with one attached hydrogen (secondary N) is 1. The number of halogens is 6. The monoisotopic (exact) mass is 532 g/mol. The average molecular weight is 533 g/mol. The van der Waals surface area contributed by atoms with Crippen LogP contribution in [-0.2, 0) is 15.1 Å². The predicted molar refractivity (Wildman–Crippen MR) is 126 cm³/mol. The van der Waals surface area contributed by atoms with E-state index in [9.17, 15) is 22.4 Å². The maximum atomic E-state index is 14.5. The van der Waals surface area contributed by atoms with Gasteiger partial charge in [0.1, 0.15) is 5.82 Å². The van der Waals surface area contributed by atoms with Gasteiger partial charge in [0.05, 0.1) is 0 Å². The number of hydrogen-bond acceptors (Lipinski definition) is 3. The van der Waals surface area contributed by atoms with Crippen molar-refractivity contribution in [3.63, 3.8) is 0 Å². The molecule has 0 aromatic heterocycles. The molecule has 0 bridgehead atoms. The standard InChI is InChI=1S/C25H26Cl2F4N2O2/c1-35-24(25(29,30)31,17-12-18(26)14-19(27)13-17)22(34)33-10-7-23(8-11-33)6-9-32-15-21(23)16-2-4-20(28)5-3-16/h2-5,12-14,21,32H,6-11,15H2,1H3/t21-,24?/m0/s1. The van der Waals surface area contributed by atoms with Gasteiger partial charge in [-0.25, -0.2) is 4.39 Å². The van der Waals surface area contributed by atoms with E-state index in [1.807, 2.05) is 0 Å². The van der Waals surface area contributed by atoms with Crippen LogP contribution in [0.1, 0.15) is 36.3 Å². The Kier molecular flexibility index (Phi) is 7.40. The van der Waals surface area contributed by atoms with Crippen molar-refractivity contribution < 1.29 is 27.1 Å². The molecule has 2 aliphatic rings. The summed E-state index contributed by atoms with van der Waals surface area (Å²) in [6.45, 7) is 1.75. The van der Waals surface area contributed by atoms with E-state index in [0.717, 1.165) is 37.8 Å². The van der Waals surface area contributed by atoms with Crippen LogP contribution >= 0.6 is 23.2 Å². The molecule has 0 aliphatic carbocycles. The van der Waals surface area contributed by atoms with E-state index in [1.54, 1.807) is 12.1 Å². The highest BCUT2D eigenvalue weighted by Crippen LogP contribution is 2.50. The Bertz CT molecular complexity index is 1050. The molecule has 1 amide bonds. The second-order valence-corrected chi connectivity index (χ2v) is 10.1. The summed E-state index contributed by atoms with van der Waals surface area (Å²) in [7, 11) is 0.864. The lowest BCUT2D eigenvalue weighted by atomic mass is 9.62. The second-order valence-electron chi connectivity index (χ2n) is 9.25. The van der Waals surface area contributed by atoms with Crippen molar-refractivity contribution in [2.45, 2.75) is 37.0 Å². The van der Waals surface area contributed by atoms with Crippen LogP contribution in [0.2, 0.25) is 10.0 Å². The van der Waals surface area contributed by atoms with Gasteiger partial charge in [0, 0.05) is 48.3 Å². The zero-order chi connectivity index (χ0) is 25.4. The Morgan fingerprint density at radius 2 is 1.66 bits per heavy atom. The summed E-state index contributed by atoms with van der Waals surface area (Å²) in [5.41, 5.74) is -2.90. The van der Waals surface area contributed by atoms with Gasteiger partial charge in [-0.3, -0.25) is 4.79 Å². The summed E-state index contributed by atoms with van der Waals surface area (Å²) < 4.78 is 61.9. The molecule has 4 rings (SSSR count). The number of amides is 1. The fourth-order valence-electron chi connectivity index (χ4n) is 5.60. The minimum Gasteiger partial charge on any atom is -0.356 e. The molecule has 4 nitrogen and oxygen atoms in total. The van der Waals surface area contributed by atoms with E-state index in [-0.39, 0.29) is 40.3 Å². The van der Waals surface area contributed by atoms with Crippen LogP contribution < -0.4 is 5.32 Å². The summed E-state index contributed by atoms with van der Waals surface area (Å²) in [6, 6.07) is 9.77. The van der Waals surface area contributed by atoms with E-state index in [0.29, 0.717) is 19.4 Å². The third-order valence-corrected chi connectivity index (χ3v) is 7.92. The molecule has 1 spiro atoms. The summed E-state index contributed by atoms with van der Waals surface area (Å²) in [4.78, 5) is 14.7. The fraction of sp³-hybridized carbons (Fsp3) is 0.480. The highest BCUT2D eigenvalue weighted by atomic mass is 35.5. The molecule has 0 saturated carbocycles. The van der Waals surface area contributed by atoms with Crippen LogP contribution in [0.15, 0.2) is 42.5 Å². The van der Waals surface area contributed by atoms with E-state index < -0.39 is 23.2 Å². The molecule has 2 aliphatic heterocycles. The number of carbonyl (C=O) groups excluding carboxylic acids is 1. The maximum absolute atomic E-state index is 14.5. The molecular formula is C25H26Cl2F4N2O2. The van der Waals surface area contributed by atoms with Gasteiger partial charge >= 0.3 is 6.18 Å². The van der Waals surface area contributed by atoms with Crippen molar-refractivity contribution >= 4 is 29.1 Å². The Balaban J connectivity index is 1.62. The zero-order valence-corrected chi connectivity index (χ0v) is 20.6. The quantitative estimate of drug-likeness (QED) is 0.496. The highest BCUT2D eigenvalue weighted by Gasteiger charge is 2.64. The van der Waals surface area contributed by atoms with Gasteiger partial charge in [-0.05, 0) is 67.1 Å². The molecular weight excluding hydrogens is 507 g/mol. The van der Waals surface area contributed by atoms with Crippen molar-refractivity contribution in [1.29, 1.82) is 0 Å². The van der Waals surface area contributed by atoms with Gasteiger partial charge in [0.2, 0.25) is 0 Å². The van der Waals surface area contributed by atoms with Crippen LogP contribution in [0.25, 0.3) is 0 Å². The SMILES string of the molecule is COC(C(=O)N1CCC2(CCNC[C@H]2c2ccc(F)cc2)CC1)(c1cc(Cl)cc(Cl)c1)C(F)(F)F. The first-order chi connectivity index (χ1) is 16.5. The lowest BCUT2D eigenvalue weighted by Crippen LogP contribution is -2.59. The predicted octanol–water partition coefficient (Wildman–Crippen LogP) is 5.92. The lowest BCUT2D eigenvalue weighted by Gasteiger charge is -2.50. The van der Waals surface area contributed by atoms with Crippen LogP contribution in [0, 0.1) is 11.2 Å². The Labute approximate surface area is 211 Å². The number of piperidine rings is 2. The van der Waals surface area contributed by atoms with Crippen LogP contribution in [0.5, 0.6) is 0 Å². The maximum Gasteiger partial charge on any atom is 0.430 e. The Morgan fingerprint density at radius 1 is 1.06 bits per heavy atom. The van der Waals surface area contributed by atoms with Gasteiger partial charge in [0.15, 0.2) is 0 Å². The molecule has 10 heteroatoms. The first-order valence-corrected chi connectivity index (χ1v) is 12.1. The average Bonchev–Trinajstić information content (AvgIpc) is 2.80. The minimum atomic E-state index is -5.05. The number of nitrogens with zero attached hydrogens (tertiary/aromatic N) is 1. The van der Waals surface area contributed by atoms with Crippen molar-refractivity contribution in [3.8, 4) is 0 Å². The largest absolute Gasteiger partial charge is 0.430 e. The van der Waals surface area contributed by atoms with Crippen molar-refractivity contribution in [1.82, 2.24) is 10.2 Å². The van der Waals surface area contributed by atoms with Crippen LogP contribution in [-0.4, -0.2) is 50.3 Å². The highest BCUT2D eigenvalue weighted by molar-refractivity contribution is 6.34. The molecule has 2 heterocycles. The summed E-state index contributed by atoms with van der Waals surface area (Å²) in [5.74, 6) is -1.44. The lowest BCUT2D eigenvalue weighted by molar-refractivity contribution is -0.271. The molecule has 2 atom stereocenters. The molecule has 2 saturated heterocycles. The molecule has 1 unspecified atom stereocenters. The van der Waals surface area contributed by atoms with Gasteiger partial charge in [-0.1, -0.05) is 35.3 Å². The topological polar surface area (TPSA) is 41.6 Å². The number of carbonyl (C=O) groups is 1. The van der Waals surface area contributed by atoms with Crippen LogP contribution in [0.3, 0.4) is 0 Å². The summed E-state index contributed by atoms with van der Waals surface area (Å²) >= 11 is 11.9. The van der Waals surface area contributed by atoms with E-state index in [4.69, 9.17) is 27.9 Å². The van der Waals surface area contributed by atoms with Gasteiger partial charge in [-0.15, -0.1) is 0 Å². The third kappa shape index (κ3) is 4.78. The van der Waals surface area contributed by atoms with Gasteiger partial charge in [-0.2, -0.15) is 13.2 Å². The summed E-state index contributed by atoms with van der Waals surface area (Å²) in [6.07, 6.45) is -3.18. The molecule has 35 heavy (non-hydrogen) atoms. The smallest absolute Gasteiger partial charge is 0.356 e. The molecule has 190 valence electrons. The van der Waals surface area contributed by atoms with E-state index >= 15 is 0 Å². The molecule has 1 N–H and O–H groups in total. The number of likely N-dealkylation sites (tertiary alicyclic amines) is 1. The minimum absolute atomic E-state index is 0.0274. The zero-order valence-electron chi connectivity index (χ0n) is 19.1. The molecule has 0 radical (unpaired) electrons. The number of hydrogen-bond donors (Lipinski definition) is 1. The first kappa shape index (κ1) is 26.2. The van der Waals surface area contributed by atoms with E-state index in [2.05, 4.69) is 5.32 Å². The number of alkyl halides is 3. The second kappa shape index (κ2) is 9.88. The molecule has 2 aromatic rings. The normalized spacial score (nSPS) is 22.1. The number of rotatable bonds is 4. The molecule has 2 aromatic carbocycles. The van der Waals surface area contributed by atoms with Crippen molar-refractivity contribution in [2.24, 2.45) is 5.41 Å². The number of benzene rings is 2. The van der Waals surface area contributed by atoms with Crippen molar-refractivity contribution in [3.05, 3.63) is 69.5 Å². The number of ether oxygens (including phenoxy) is 1. The Morgan fingerprint density at radius 3 is 2.20 bits per heavy atom.